The summed E-state index contributed by atoms with van der Waals surface area (Å²) in [7, 11) is 0. The number of ether oxygens (including phenoxy) is 1. The molecule has 114 valence electrons. The average Bonchev–Trinajstić information content (AvgIpc) is 3.11. The van der Waals surface area contributed by atoms with Crippen molar-refractivity contribution in [2.45, 2.75) is 70.2 Å². The van der Waals surface area contributed by atoms with Crippen molar-refractivity contribution >= 4 is 12.0 Å². The average molecular weight is 284 g/mol. The Bertz CT molecular complexity index is 379. The molecule has 1 saturated heterocycles. The van der Waals surface area contributed by atoms with Crippen LogP contribution in [0.5, 0.6) is 0 Å². The zero-order chi connectivity index (χ0) is 14.9. The minimum absolute atomic E-state index is 0.0522. The van der Waals surface area contributed by atoms with Crippen molar-refractivity contribution in [1.82, 2.24) is 10.2 Å². The normalized spacial score (nSPS) is 26.9. The smallest absolute Gasteiger partial charge is 0.408 e. The second kappa shape index (κ2) is 5.60. The molecule has 1 aliphatic carbocycles. The molecule has 2 rings (SSSR count). The van der Waals surface area contributed by atoms with E-state index in [1.807, 2.05) is 20.8 Å². The lowest BCUT2D eigenvalue weighted by Gasteiger charge is -2.42. The van der Waals surface area contributed by atoms with E-state index >= 15 is 0 Å². The predicted octanol–water partition coefficient (Wildman–Crippen LogP) is 1.59. The fourth-order valence-corrected chi connectivity index (χ4v) is 2.66. The third-order valence-electron chi connectivity index (χ3n) is 3.76. The van der Waals surface area contributed by atoms with Crippen LogP contribution in [-0.4, -0.2) is 52.3 Å². The lowest BCUT2D eigenvalue weighted by atomic mass is 9.97. The molecular weight excluding hydrogens is 260 g/mol. The van der Waals surface area contributed by atoms with Crippen molar-refractivity contribution < 1.29 is 19.4 Å². The van der Waals surface area contributed by atoms with Crippen LogP contribution in [0.15, 0.2) is 0 Å². The van der Waals surface area contributed by atoms with Gasteiger partial charge in [0, 0.05) is 11.6 Å². The minimum atomic E-state index is -0.938. The molecule has 1 saturated carbocycles. The third kappa shape index (κ3) is 3.62. The monoisotopic (exact) mass is 284 g/mol. The first-order valence-electron chi connectivity index (χ1n) is 7.23. The summed E-state index contributed by atoms with van der Waals surface area (Å²) in [6.07, 6.45) is 1.97. The molecule has 0 aromatic carbocycles. The summed E-state index contributed by atoms with van der Waals surface area (Å²) in [5, 5.41) is 12.3. The van der Waals surface area contributed by atoms with Crippen molar-refractivity contribution in [1.29, 1.82) is 0 Å². The van der Waals surface area contributed by atoms with E-state index in [0.29, 0.717) is 18.9 Å². The van der Waals surface area contributed by atoms with Crippen LogP contribution in [0.1, 0.15) is 46.5 Å². The summed E-state index contributed by atoms with van der Waals surface area (Å²) in [5.74, 6) is -0.0522. The molecule has 6 heteroatoms. The highest BCUT2D eigenvalue weighted by Gasteiger charge is 2.38. The van der Waals surface area contributed by atoms with Crippen LogP contribution in [0.3, 0.4) is 0 Å². The molecule has 1 heterocycles. The Morgan fingerprint density at radius 1 is 1.20 bits per heavy atom. The number of carbonyl (C=O) groups excluding carboxylic acids is 1. The molecule has 0 radical (unpaired) electrons. The highest BCUT2D eigenvalue weighted by Crippen LogP contribution is 2.26. The summed E-state index contributed by atoms with van der Waals surface area (Å²) >= 11 is 0. The number of amides is 2. The van der Waals surface area contributed by atoms with Crippen LogP contribution in [0.4, 0.5) is 4.79 Å². The largest absolute Gasteiger partial charge is 0.465 e. The molecule has 2 atom stereocenters. The van der Waals surface area contributed by atoms with Gasteiger partial charge in [0.25, 0.3) is 0 Å². The van der Waals surface area contributed by atoms with Gasteiger partial charge < -0.3 is 15.2 Å². The highest BCUT2D eigenvalue weighted by molar-refractivity contribution is 5.81. The van der Waals surface area contributed by atoms with Crippen LogP contribution in [0.25, 0.3) is 0 Å². The third-order valence-corrected chi connectivity index (χ3v) is 3.76. The number of carbonyl (C=O) groups is 2. The molecule has 2 N–H and O–H groups in total. The Kier molecular flexibility index (Phi) is 4.22. The van der Waals surface area contributed by atoms with E-state index in [0.717, 1.165) is 12.8 Å². The summed E-state index contributed by atoms with van der Waals surface area (Å²) in [6, 6.07) is 0.145. The van der Waals surface area contributed by atoms with E-state index in [4.69, 9.17) is 4.74 Å². The lowest BCUT2D eigenvalue weighted by Crippen LogP contribution is -2.55. The quantitative estimate of drug-likeness (QED) is 0.825. The maximum Gasteiger partial charge on any atom is 0.408 e. The van der Waals surface area contributed by atoms with Gasteiger partial charge in [-0.2, -0.15) is 0 Å². The van der Waals surface area contributed by atoms with E-state index in [1.165, 1.54) is 4.90 Å². The number of hydrogen-bond donors (Lipinski definition) is 2. The van der Waals surface area contributed by atoms with E-state index < -0.39 is 17.7 Å². The molecule has 6 nitrogen and oxygen atoms in total. The van der Waals surface area contributed by atoms with Crippen molar-refractivity contribution in [3.05, 3.63) is 0 Å². The molecule has 0 aromatic heterocycles. The van der Waals surface area contributed by atoms with Crippen LogP contribution in [0, 0.1) is 0 Å². The molecule has 2 unspecified atom stereocenters. The molecule has 2 fully saturated rings. The molecular formula is C14H24N2O4. The minimum Gasteiger partial charge on any atom is -0.465 e. The number of nitrogens with zero attached hydrogens (tertiary/aromatic N) is 1. The van der Waals surface area contributed by atoms with Gasteiger partial charge in [0.05, 0.1) is 12.6 Å². The van der Waals surface area contributed by atoms with Crippen LogP contribution >= 0.6 is 0 Å². The zero-order valence-electron chi connectivity index (χ0n) is 12.4. The Morgan fingerprint density at radius 2 is 1.85 bits per heavy atom. The summed E-state index contributed by atoms with van der Waals surface area (Å²) in [4.78, 5) is 24.7. The summed E-state index contributed by atoms with van der Waals surface area (Å²) < 4.78 is 5.59. The Morgan fingerprint density at radius 3 is 2.25 bits per heavy atom. The van der Waals surface area contributed by atoms with Crippen molar-refractivity contribution in [3.63, 3.8) is 0 Å². The number of carboxylic acid groups (broad SMARTS) is 1. The van der Waals surface area contributed by atoms with Gasteiger partial charge in [0.1, 0.15) is 6.10 Å². The zero-order valence-corrected chi connectivity index (χ0v) is 12.4. The molecule has 2 aliphatic rings. The van der Waals surface area contributed by atoms with E-state index in [2.05, 4.69) is 5.32 Å². The second-order valence-electron chi connectivity index (χ2n) is 6.66. The Labute approximate surface area is 119 Å². The van der Waals surface area contributed by atoms with Gasteiger partial charge >= 0.3 is 6.09 Å². The molecule has 0 aromatic rings. The molecule has 0 spiro atoms. The van der Waals surface area contributed by atoms with Crippen LogP contribution < -0.4 is 5.32 Å². The van der Waals surface area contributed by atoms with Crippen molar-refractivity contribution in [2.75, 3.05) is 6.61 Å². The standard InChI is InChI=1S/C14H24N2O4/c1-14(2,3)16(13(18)19)10-6-7-11(20-8-10)12(17)15-9-4-5-9/h9-11H,4-8H2,1-3H3,(H,15,17)(H,18,19). The molecule has 20 heavy (non-hydrogen) atoms. The first kappa shape index (κ1) is 15.1. The van der Waals surface area contributed by atoms with Gasteiger partial charge in [0.15, 0.2) is 0 Å². The van der Waals surface area contributed by atoms with E-state index in [9.17, 15) is 14.7 Å². The fourth-order valence-electron chi connectivity index (χ4n) is 2.66. The van der Waals surface area contributed by atoms with Gasteiger partial charge in [-0.05, 0) is 46.5 Å². The first-order chi connectivity index (χ1) is 9.29. The van der Waals surface area contributed by atoms with E-state index in [1.54, 1.807) is 0 Å². The number of rotatable bonds is 3. The SMILES string of the molecule is CC(C)(C)N(C(=O)O)C1CCC(C(=O)NC2CC2)OC1. The van der Waals surface area contributed by atoms with Crippen LogP contribution in [0.2, 0.25) is 0 Å². The van der Waals surface area contributed by atoms with Gasteiger partial charge in [-0.25, -0.2) is 4.79 Å². The fraction of sp³-hybridized carbons (Fsp3) is 0.857. The van der Waals surface area contributed by atoms with Gasteiger partial charge in [-0.3, -0.25) is 9.69 Å². The summed E-state index contributed by atoms with van der Waals surface area (Å²) in [5.41, 5.74) is -0.469. The van der Waals surface area contributed by atoms with Crippen molar-refractivity contribution in [3.8, 4) is 0 Å². The van der Waals surface area contributed by atoms with Crippen molar-refractivity contribution in [2.24, 2.45) is 0 Å². The molecule has 0 bridgehead atoms. The van der Waals surface area contributed by atoms with Gasteiger partial charge in [-0.1, -0.05) is 0 Å². The molecule has 1 aliphatic heterocycles. The van der Waals surface area contributed by atoms with Crippen LogP contribution in [-0.2, 0) is 9.53 Å². The maximum atomic E-state index is 11.9. The number of hydrogen-bond acceptors (Lipinski definition) is 3. The lowest BCUT2D eigenvalue weighted by molar-refractivity contribution is -0.139. The molecule has 2 amide bonds. The number of nitrogens with one attached hydrogen (secondary N) is 1. The van der Waals surface area contributed by atoms with E-state index in [-0.39, 0.29) is 18.6 Å². The Balaban J connectivity index is 1.88. The van der Waals surface area contributed by atoms with Gasteiger partial charge in [-0.15, -0.1) is 0 Å². The Hall–Kier alpha value is -1.30. The first-order valence-corrected chi connectivity index (χ1v) is 7.23. The second-order valence-corrected chi connectivity index (χ2v) is 6.66. The summed E-state index contributed by atoms with van der Waals surface area (Å²) in [6.45, 7) is 5.89. The van der Waals surface area contributed by atoms with Gasteiger partial charge in [0.2, 0.25) is 5.91 Å². The maximum absolute atomic E-state index is 11.9. The highest BCUT2D eigenvalue weighted by atomic mass is 16.5. The topological polar surface area (TPSA) is 78.9 Å². The predicted molar refractivity (Wildman–Crippen MR) is 73.5 cm³/mol.